The van der Waals surface area contributed by atoms with Crippen molar-refractivity contribution in [1.29, 1.82) is 0 Å². The summed E-state index contributed by atoms with van der Waals surface area (Å²) in [5, 5.41) is 3.86. The maximum absolute atomic E-state index is 5.61. The maximum Gasteiger partial charge on any atom is 0.231 e. The van der Waals surface area contributed by atoms with E-state index in [-0.39, 0.29) is 0 Å². The van der Waals surface area contributed by atoms with Crippen molar-refractivity contribution < 1.29 is 14.3 Å². The van der Waals surface area contributed by atoms with E-state index >= 15 is 0 Å². The number of hydrogen-bond donors (Lipinski definition) is 0. The first-order valence-electron chi connectivity index (χ1n) is 6.59. The van der Waals surface area contributed by atoms with Crippen molar-refractivity contribution >= 4 is 6.21 Å². The summed E-state index contributed by atoms with van der Waals surface area (Å²) >= 11 is 0. The van der Waals surface area contributed by atoms with Gasteiger partial charge in [0.15, 0.2) is 11.5 Å². The Morgan fingerprint density at radius 1 is 1.32 bits per heavy atom. The predicted octanol–water partition coefficient (Wildman–Crippen LogP) is 1.99. The van der Waals surface area contributed by atoms with Gasteiger partial charge in [-0.25, -0.2) is 0 Å². The van der Waals surface area contributed by atoms with E-state index in [0.717, 1.165) is 42.3 Å². The number of hydrogen-bond acceptors (Lipinski definition) is 5. The predicted molar refractivity (Wildman–Crippen MR) is 71.7 cm³/mol. The molecule has 102 valence electrons. The van der Waals surface area contributed by atoms with Crippen LogP contribution in [0.15, 0.2) is 17.3 Å². The van der Waals surface area contributed by atoms with Crippen LogP contribution in [0.2, 0.25) is 0 Å². The van der Waals surface area contributed by atoms with Crippen molar-refractivity contribution in [2.45, 2.75) is 19.4 Å². The number of oxime groups is 1. The van der Waals surface area contributed by atoms with Gasteiger partial charge in [-0.1, -0.05) is 5.16 Å². The summed E-state index contributed by atoms with van der Waals surface area (Å²) in [6.45, 7) is 3.46. The second-order valence-electron chi connectivity index (χ2n) is 4.77. The number of nitrogens with zero attached hydrogens (tertiary/aromatic N) is 2. The molecule has 1 fully saturated rings. The van der Waals surface area contributed by atoms with Crippen molar-refractivity contribution in [3.8, 4) is 11.5 Å². The molecule has 0 aromatic heterocycles. The first-order chi connectivity index (χ1) is 9.38. The summed E-state index contributed by atoms with van der Waals surface area (Å²) < 4.78 is 11.1. The largest absolute Gasteiger partial charge is 0.454 e. The molecule has 0 radical (unpaired) electrons. The third-order valence-corrected chi connectivity index (χ3v) is 3.56. The molecule has 0 atom stereocenters. The number of benzene rings is 1. The van der Waals surface area contributed by atoms with E-state index in [1.807, 2.05) is 12.1 Å². The molecule has 1 aromatic carbocycles. The summed E-state index contributed by atoms with van der Waals surface area (Å²) in [6, 6.07) is 3.92. The summed E-state index contributed by atoms with van der Waals surface area (Å²) in [5.41, 5.74) is 2.16. The number of ether oxygens (including phenoxy) is 2. The third kappa shape index (κ3) is 2.51. The van der Waals surface area contributed by atoms with Crippen LogP contribution in [0.5, 0.6) is 11.5 Å². The van der Waals surface area contributed by atoms with E-state index in [4.69, 9.17) is 14.3 Å². The Hall–Kier alpha value is -1.75. The van der Waals surface area contributed by atoms with Crippen LogP contribution in [0.3, 0.4) is 0 Å². The number of fused-ring (bicyclic) bond motifs is 1. The highest BCUT2D eigenvalue weighted by molar-refractivity contribution is 5.83. The lowest BCUT2D eigenvalue weighted by Gasteiger charge is -2.17. The van der Waals surface area contributed by atoms with E-state index in [0.29, 0.717) is 6.79 Å². The van der Waals surface area contributed by atoms with E-state index in [2.05, 4.69) is 10.1 Å². The Balaban J connectivity index is 1.92. The van der Waals surface area contributed by atoms with Gasteiger partial charge in [0, 0.05) is 17.7 Å². The lowest BCUT2D eigenvalue weighted by molar-refractivity contribution is 0.172. The second kappa shape index (κ2) is 5.48. The summed E-state index contributed by atoms with van der Waals surface area (Å²) in [4.78, 5) is 7.21. The van der Waals surface area contributed by atoms with Crippen molar-refractivity contribution in [1.82, 2.24) is 4.90 Å². The van der Waals surface area contributed by atoms with Gasteiger partial charge in [0.2, 0.25) is 6.79 Å². The lowest BCUT2D eigenvalue weighted by atomic mass is 10.1. The van der Waals surface area contributed by atoms with Gasteiger partial charge in [-0.15, -0.1) is 0 Å². The molecule has 2 aliphatic heterocycles. The molecule has 0 spiro atoms. The number of rotatable bonds is 4. The Morgan fingerprint density at radius 3 is 2.95 bits per heavy atom. The zero-order valence-corrected chi connectivity index (χ0v) is 11.1. The van der Waals surface area contributed by atoms with Gasteiger partial charge in [0.25, 0.3) is 0 Å². The molecule has 0 bridgehead atoms. The van der Waals surface area contributed by atoms with Crippen LogP contribution < -0.4 is 9.47 Å². The first-order valence-corrected chi connectivity index (χ1v) is 6.59. The van der Waals surface area contributed by atoms with Gasteiger partial charge in [-0.2, -0.15) is 0 Å². The highest BCUT2D eigenvalue weighted by Crippen LogP contribution is 2.38. The van der Waals surface area contributed by atoms with Crippen LogP contribution in [-0.4, -0.2) is 38.1 Å². The fourth-order valence-electron chi connectivity index (χ4n) is 2.60. The molecule has 3 rings (SSSR count). The van der Waals surface area contributed by atoms with Gasteiger partial charge < -0.3 is 14.3 Å². The lowest BCUT2D eigenvalue weighted by Crippen LogP contribution is -2.19. The monoisotopic (exact) mass is 262 g/mol. The minimum absolute atomic E-state index is 0.299. The summed E-state index contributed by atoms with van der Waals surface area (Å²) in [7, 11) is 1.55. The highest BCUT2D eigenvalue weighted by Gasteiger charge is 2.23. The molecule has 0 amide bonds. The Kier molecular flexibility index (Phi) is 3.55. The molecule has 2 aliphatic rings. The Morgan fingerprint density at radius 2 is 2.16 bits per heavy atom. The molecular formula is C14H18N2O3. The molecule has 1 aromatic rings. The molecule has 0 unspecified atom stereocenters. The first kappa shape index (κ1) is 12.3. The van der Waals surface area contributed by atoms with E-state index in [1.165, 1.54) is 12.8 Å². The van der Waals surface area contributed by atoms with Gasteiger partial charge in [-0.05, 0) is 38.1 Å². The molecule has 0 aliphatic carbocycles. The summed E-state index contributed by atoms with van der Waals surface area (Å²) in [5.74, 6) is 1.68. The van der Waals surface area contributed by atoms with E-state index in [1.54, 1.807) is 13.3 Å². The Bertz CT molecular complexity index is 482. The molecule has 19 heavy (non-hydrogen) atoms. The average molecular weight is 262 g/mol. The van der Waals surface area contributed by atoms with Gasteiger partial charge in [0.1, 0.15) is 7.11 Å². The molecule has 5 nitrogen and oxygen atoms in total. The minimum Gasteiger partial charge on any atom is -0.454 e. The van der Waals surface area contributed by atoms with E-state index in [9.17, 15) is 0 Å². The van der Waals surface area contributed by atoms with Crippen LogP contribution in [0.1, 0.15) is 24.0 Å². The van der Waals surface area contributed by atoms with Crippen molar-refractivity contribution in [2.24, 2.45) is 5.16 Å². The quantitative estimate of drug-likeness (QED) is 0.615. The Labute approximate surface area is 112 Å². The molecule has 0 saturated carbocycles. The number of likely N-dealkylation sites (tertiary alicyclic amines) is 1. The molecule has 1 saturated heterocycles. The normalized spacial score (nSPS) is 18.4. The van der Waals surface area contributed by atoms with Crippen LogP contribution in [0.4, 0.5) is 0 Å². The fourth-order valence-corrected chi connectivity index (χ4v) is 2.60. The highest BCUT2D eigenvalue weighted by atomic mass is 16.7. The van der Waals surface area contributed by atoms with Crippen molar-refractivity contribution in [2.75, 3.05) is 27.0 Å². The fraction of sp³-hybridized carbons (Fsp3) is 0.500. The van der Waals surface area contributed by atoms with Crippen LogP contribution >= 0.6 is 0 Å². The van der Waals surface area contributed by atoms with Crippen LogP contribution in [0.25, 0.3) is 0 Å². The molecular weight excluding hydrogens is 244 g/mol. The zero-order valence-electron chi connectivity index (χ0n) is 11.1. The molecule has 0 N–H and O–H groups in total. The van der Waals surface area contributed by atoms with Crippen molar-refractivity contribution in [3.63, 3.8) is 0 Å². The van der Waals surface area contributed by atoms with Gasteiger partial charge >= 0.3 is 0 Å². The smallest absolute Gasteiger partial charge is 0.231 e. The topological polar surface area (TPSA) is 43.3 Å². The molecule has 2 heterocycles. The standard InChI is InChI=1S/C14H18N2O3/c1-17-15-8-11-4-5-13-14(19-10-18-13)12(11)9-16-6-2-3-7-16/h4-5,8H,2-3,6-7,9-10H2,1H3. The third-order valence-electron chi connectivity index (χ3n) is 3.56. The average Bonchev–Trinajstić information content (AvgIpc) is 3.08. The van der Waals surface area contributed by atoms with Gasteiger partial charge in [-0.3, -0.25) is 4.90 Å². The summed E-state index contributed by atoms with van der Waals surface area (Å²) in [6.07, 6.45) is 4.27. The zero-order chi connectivity index (χ0) is 13.1. The van der Waals surface area contributed by atoms with Crippen molar-refractivity contribution in [3.05, 3.63) is 23.3 Å². The second-order valence-corrected chi connectivity index (χ2v) is 4.77. The van der Waals surface area contributed by atoms with E-state index < -0.39 is 0 Å². The van der Waals surface area contributed by atoms with Crippen LogP contribution in [-0.2, 0) is 11.4 Å². The van der Waals surface area contributed by atoms with Gasteiger partial charge in [0.05, 0.1) is 6.21 Å². The van der Waals surface area contributed by atoms with Crippen LogP contribution in [0, 0.1) is 0 Å². The molecule has 5 heteroatoms. The SMILES string of the molecule is CON=Cc1ccc2c(c1CN1CCCC1)OCO2. The maximum atomic E-state index is 5.61. The minimum atomic E-state index is 0.299.